The molecule has 0 aliphatic carbocycles. The summed E-state index contributed by atoms with van der Waals surface area (Å²) in [6.45, 7) is 6.09. The Balaban J connectivity index is 2.29. The highest BCUT2D eigenvalue weighted by atomic mass is 19.4. The van der Waals surface area contributed by atoms with E-state index in [1.807, 2.05) is 20.8 Å². The van der Waals surface area contributed by atoms with Gasteiger partial charge in [0.05, 0.1) is 5.56 Å². The number of amides is 1. The fourth-order valence-electron chi connectivity index (χ4n) is 3.36. The number of hydrogen-bond acceptors (Lipinski definition) is 2. The number of aromatic hydroxyl groups is 1. The van der Waals surface area contributed by atoms with Gasteiger partial charge in [0.1, 0.15) is 5.75 Å². The molecule has 24 heavy (non-hydrogen) atoms. The number of nitrogens with zero attached hydrogens (tertiary/aromatic N) is 1. The summed E-state index contributed by atoms with van der Waals surface area (Å²) in [5.41, 5.74) is -0.750. The van der Waals surface area contributed by atoms with Crippen molar-refractivity contribution in [1.82, 2.24) is 4.90 Å². The van der Waals surface area contributed by atoms with Crippen molar-refractivity contribution in [2.45, 2.75) is 51.7 Å². The molecule has 2 atom stereocenters. The van der Waals surface area contributed by atoms with Gasteiger partial charge in [-0.1, -0.05) is 26.8 Å². The Labute approximate surface area is 138 Å². The van der Waals surface area contributed by atoms with Crippen molar-refractivity contribution in [3.8, 4) is 5.75 Å². The van der Waals surface area contributed by atoms with Crippen molar-refractivity contribution >= 4 is 6.09 Å². The Morgan fingerprint density at radius 3 is 2.33 bits per heavy atom. The molecule has 2 rings (SSSR count). The number of alkyl halides is 3. The van der Waals surface area contributed by atoms with Gasteiger partial charge in [0.25, 0.3) is 0 Å². The van der Waals surface area contributed by atoms with Gasteiger partial charge in [-0.2, -0.15) is 13.2 Å². The number of hydrogen-bond donors (Lipinski definition) is 2. The van der Waals surface area contributed by atoms with E-state index >= 15 is 0 Å². The standard InChI is InChI=1S/C17H22F3NO3/c1-16(2,3)14-8-10(6-7-21(14)15(23)24)12-5-4-11(9-13(12)22)17(18,19)20/h4-5,9-10,14,22H,6-8H2,1-3H3,(H,23,24). The molecule has 1 fully saturated rings. The van der Waals surface area contributed by atoms with E-state index in [-0.39, 0.29) is 23.1 Å². The molecule has 1 amide bonds. The first-order valence-electron chi connectivity index (χ1n) is 7.81. The average molecular weight is 345 g/mol. The number of piperidine rings is 1. The summed E-state index contributed by atoms with van der Waals surface area (Å²) in [6, 6.07) is 2.74. The number of phenols is 1. The van der Waals surface area contributed by atoms with Gasteiger partial charge in [-0.3, -0.25) is 0 Å². The molecule has 4 nitrogen and oxygen atoms in total. The predicted octanol–water partition coefficient (Wildman–Crippen LogP) is 4.68. The third kappa shape index (κ3) is 3.76. The first kappa shape index (κ1) is 18.4. The van der Waals surface area contributed by atoms with E-state index in [4.69, 9.17) is 0 Å². The Hall–Kier alpha value is -1.92. The zero-order chi connectivity index (χ0) is 18.3. The van der Waals surface area contributed by atoms with Gasteiger partial charge in [0.2, 0.25) is 0 Å². The van der Waals surface area contributed by atoms with Crippen LogP contribution >= 0.6 is 0 Å². The molecule has 134 valence electrons. The van der Waals surface area contributed by atoms with Gasteiger partial charge in [-0.15, -0.1) is 0 Å². The molecule has 0 spiro atoms. The predicted molar refractivity (Wildman–Crippen MR) is 83.1 cm³/mol. The van der Waals surface area contributed by atoms with Gasteiger partial charge in [-0.05, 0) is 41.9 Å². The van der Waals surface area contributed by atoms with Crippen molar-refractivity contribution in [2.24, 2.45) is 5.41 Å². The smallest absolute Gasteiger partial charge is 0.416 e. The van der Waals surface area contributed by atoms with E-state index in [2.05, 4.69) is 0 Å². The maximum absolute atomic E-state index is 12.7. The summed E-state index contributed by atoms with van der Waals surface area (Å²) in [4.78, 5) is 12.8. The van der Waals surface area contributed by atoms with Crippen LogP contribution < -0.4 is 0 Å². The van der Waals surface area contributed by atoms with Gasteiger partial charge >= 0.3 is 12.3 Å². The topological polar surface area (TPSA) is 60.8 Å². The first-order valence-corrected chi connectivity index (χ1v) is 7.81. The summed E-state index contributed by atoms with van der Waals surface area (Å²) in [7, 11) is 0. The van der Waals surface area contributed by atoms with Crippen LogP contribution in [0.25, 0.3) is 0 Å². The van der Waals surface area contributed by atoms with E-state index in [0.717, 1.165) is 12.1 Å². The summed E-state index contributed by atoms with van der Waals surface area (Å²) < 4.78 is 38.2. The maximum Gasteiger partial charge on any atom is 0.416 e. The molecule has 0 bridgehead atoms. The lowest BCUT2D eigenvalue weighted by atomic mass is 9.75. The number of halogens is 3. The lowest BCUT2D eigenvalue weighted by molar-refractivity contribution is -0.137. The van der Waals surface area contributed by atoms with E-state index in [1.165, 1.54) is 11.0 Å². The normalized spacial score (nSPS) is 22.5. The fraction of sp³-hybridized carbons (Fsp3) is 0.588. The lowest BCUT2D eigenvalue weighted by Crippen LogP contribution is -2.51. The largest absolute Gasteiger partial charge is 0.508 e. The molecule has 1 aliphatic rings. The SMILES string of the molecule is CC(C)(C)C1CC(c2ccc(C(F)(F)F)cc2O)CCN1C(=O)O. The Morgan fingerprint density at radius 2 is 1.88 bits per heavy atom. The van der Waals surface area contributed by atoms with Gasteiger partial charge in [0, 0.05) is 12.6 Å². The molecular formula is C17H22F3NO3. The van der Waals surface area contributed by atoms with Crippen molar-refractivity contribution in [3.63, 3.8) is 0 Å². The van der Waals surface area contributed by atoms with Crippen LogP contribution in [0.3, 0.4) is 0 Å². The first-order chi connectivity index (χ1) is 10.9. The Morgan fingerprint density at radius 1 is 1.25 bits per heavy atom. The zero-order valence-corrected chi connectivity index (χ0v) is 13.9. The third-order valence-electron chi connectivity index (χ3n) is 4.65. The summed E-state index contributed by atoms with van der Waals surface area (Å²) >= 11 is 0. The van der Waals surface area contributed by atoms with Crippen LogP contribution in [0.4, 0.5) is 18.0 Å². The van der Waals surface area contributed by atoms with Gasteiger partial charge < -0.3 is 15.1 Å². The van der Waals surface area contributed by atoms with Crippen LogP contribution in [0, 0.1) is 5.41 Å². The monoisotopic (exact) mass is 345 g/mol. The maximum atomic E-state index is 12.7. The van der Waals surface area contributed by atoms with Gasteiger partial charge in [-0.25, -0.2) is 4.79 Å². The van der Waals surface area contributed by atoms with E-state index in [0.29, 0.717) is 24.9 Å². The molecule has 7 heteroatoms. The van der Waals surface area contributed by atoms with Crippen LogP contribution in [0.15, 0.2) is 18.2 Å². The second-order valence-electron chi connectivity index (χ2n) is 7.35. The minimum atomic E-state index is -4.50. The number of phenolic OH excluding ortho intramolecular Hbond substituents is 1. The second-order valence-corrected chi connectivity index (χ2v) is 7.35. The quantitative estimate of drug-likeness (QED) is 0.777. The number of likely N-dealkylation sites (tertiary alicyclic amines) is 1. The number of benzene rings is 1. The molecule has 0 aromatic heterocycles. The fourth-order valence-corrected chi connectivity index (χ4v) is 3.36. The van der Waals surface area contributed by atoms with E-state index in [1.54, 1.807) is 0 Å². The molecule has 2 N–H and O–H groups in total. The average Bonchev–Trinajstić information content (AvgIpc) is 2.44. The molecule has 2 unspecified atom stereocenters. The molecule has 1 aromatic rings. The minimum absolute atomic E-state index is 0.174. The molecule has 0 saturated carbocycles. The highest BCUT2D eigenvalue weighted by Crippen LogP contribution is 2.42. The van der Waals surface area contributed by atoms with Crippen LogP contribution in [-0.2, 0) is 6.18 Å². The van der Waals surface area contributed by atoms with Gasteiger partial charge in [0.15, 0.2) is 0 Å². The summed E-state index contributed by atoms with van der Waals surface area (Å²) in [5, 5.41) is 19.4. The second kappa shape index (κ2) is 6.18. The number of rotatable bonds is 1. The van der Waals surface area contributed by atoms with Crippen molar-refractivity contribution in [1.29, 1.82) is 0 Å². The Kier molecular flexibility index (Phi) is 4.74. The van der Waals surface area contributed by atoms with E-state index < -0.39 is 17.8 Å². The molecule has 1 aromatic carbocycles. The van der Waals surface area contributed by atoms with Crippen molar-refractivity contribution in [3.05, 3.63) is 29.3 Å². The molecule has 1 aliphatic heterocycles. The molecule has 1 saturated heterocycles. The molecule has 0 radical (unpaired) electrons. The van der Waals surface area contributed by atoms with Crippen LogP contribution in [0.1, 0.15) is 50.7 Å². The lowest BCUT2D eigenvalue weighted by Gasteiger charge is -2.44. The molecular weight excluding hydrogens is 323 g/mol. The Bertz CT molecular complexity index is 622. The van der Waals surface area contributed by atoms with Crippen LogP contribution in [0.5, 0.6) is 5.75 Å². The van der Waals surface area contributed by atoms with Crippen molar-refractivity contribution in [2.75, 3.05) is 6.54 Å². The zero-order valence-electron chi connectivity index (χ0n) is 13.9. The van der Waals surface area contributed by atoms with Crippen molar-refractivity contribution < 1.29 is 28.2 Å². The highest BCUT2D eigenvalue weighted by Gasteiger charge is 2.40. The van der Waals surface area contributed by atoms with E-state index in [9.17, 15) is 28.2 Å². The number of carbonyl (C=O) groups is 1. The minimum Gasteiger partial charge on any atom is -0.508 e. The summed E-state index contributed by atoms with van der Waals surface area (Å²) in [5.74, 6) is -0.557. The van der Waals surface area contributed by atoms with Crippen LogP contribution in [0.2, 0.25) is 0 Å². The number of carboxylic acid groups (broad SMARTS) is 1. The summed E-state index contributed by atoms with van der Waals surface area (Å²) in [6.07, 6.45) is -4.56. The highest BCUT2D eigenvalue weighted by molar-refractivity contribution is 5.65. The third-order valence-corrected chi connectivity index (χ3v) is 4.65. The molecule has 1 heterocycles. The van der Waals surface area contributed by atoms with Crippen LogP contribution in [-0.4, -0.2) is 33.8 Å².